The molecular formula is C18H17N3. The van der Waals surface area contributed by atoms with Crippen molar-refractivity contribution in [1.82, 2.24) is 5.01 Å². The first-order valence-electron chi connectivity index (χ1n) is 7.45. The van der Waals surface area contributed by atoms with Crippen molar-refractivity contribution in [2.75, 3.05) is 13.1 Å². The molecule has 21 heavy (non-hydrogen) atoms. The van der Waals surface area contributed by atoms with Crippen molar-refractivity contribution in [2.24, 2.45) is 10.1 Å². The van der Waals surface area contributed by atoms with E-state index in [1.54, 1.807) is 0 Å². The molecule has 2 aromatic carbocycles. The van der Waals surface area contributed by atoms with Crippen molar-refractivity contribution in [3.63, 3.8) is 0 Å². The zero-order valence-corrected chi connectivity index (χ0v) is 11.9. The number of benzene rings is 2. The van der Waals surface area contributed by atoms with E-state index in [-0.39, 0.29) is 0 Å². The molecule has 2 heterocycles. The maximum atomic E-state index is 4.86. The average molecular weight is 275 g/mol. The van der Waals surface area contributed by atoms with Gasteiger partial charge in [-0.05, 0) is 12.0 Å². The highest BCUT2D eigenvalue weighted by molar-refractivity contribution is 6.15. The Kier molecular flexibility index (Phi) is 3.03. The Morgan fingerprint density at radius 3 is 2.52 bits per heavy atom. The maximum Gasteiger partial charge on any atom is 0.152 e. The molecule has 4 rings (SSSR count). The molecule has 3 heteroatoms. The molecule has 2 aliphatic rings. The lowest BCUT2D eigenvalue weighted by atomic mass is 9.95. The molecule has 0 N–H and O–H groups in total. The second-order valence-corrected chi connectivity index (χ2v) is 5.44. The summed E-state index contributed by atoms with van der Waals surface area (Å²) < 4.78 is 0. The Bertz CT molecular complexity index is 716. The Morgan fingerprint density at radius 2 is 1.67 bits per heavy atom. The molecule has 0 unspecified atom stereocenters. The molecule has 0 aromatic heterocycles. The lowest BCUT2D eigenvalue weighted by molar-refractivity contribution is 0.413. The van der Waals surface area contributed by atoms with Gasteiger partial charge in [0, 0.05) is 30.6 Å². The average Bonchev–Trinajstić information content (AvgIpc) is 2.56. The fourth-order valence-electron chi connectivity index (χ4n) is 2.96. The zero-order chi connectivity index (χ0) is 14.1. The number of nitrogens with zero attached hydrogens (tertiary/aromatic N) is 3. The molecular weight excluding hydrogens is 258 g/mol. The summed E-state index contributed by atoms with van der Waals surface area (Å²) >= 11 is 0. The molecule has 2 aromatic rings. The molecule has 104 valence electrons. The molecule has 0 aliphatic carbocycles. The summed E-state index contributed by atoms with van der Waals surface area (Å²) in [6, 6.07) is 19.0. The van der Waals surface area contributed by atoms with Crippen LogP contribution in [0.15, 0.2) is 64.7 Å². The van der Waals surface area contributed by atoms with Gasteiger partial charge in [-0.1, -0.05) is 54.6 Å². The summed E-state index contributed by atoms with van der Waals surface area (Å²) in [5.41, 5.74) is 4.87. The number of hydrazone groups is 1. The second kappa shape index (κ2) is 5.17. The number of fused-ring (bicyclic) bond motifs is 3. The summed E-state index contributed by atoms with van der Waals surface area (Å²) in [5.74, 6) is 1.04. The summed E-state index contributed by atoms with van der Waals surface area (Å²) in [6.45, 7) is 1.87. The van der Waals surface area contributed by atoms with Gasteiger partial charge in [0.2, 0.25) is 0 Å². The number of amidine groups is 1. The van der Waals surface area contributed by atoms with E-state index in [2.05, 4.69) is 64.6 Å². The Hall–Kier alpha value is -2.42. The van der Waals surface area contributed by atoms with Crippen LogP contribution in [0.3, 0.4) is 0 Å². The Morgan fingerprint density at radius 1 is 0.905 bits per heavy atom. The van der Waals surface area contributed by atoms with Gasteiger partial charge in [0.05, 0.1) is 5.71 Å². The summed E-state index contributed by atoms with van der Waals surface area (Å²) in [7, 11) is 0. The first-order valence-corrected chi connectivity index (χ1v) is 7.45. The number of rotatable bonds is 2. The lowest BCUT2D eigenvalue weighted by Gasteiger charge is -2.31. The van der Waals surface area contributed by atoms with Gasteiger partial charge in [-0.2, -0.15) is 5.10 Å². The first-order chi connectivity index (χ1) is 10.4. The van der Waals surface area contributed by atoms with E-state index < -0.39 is 0 Å². The van der Waals surface area contributed by atoms with Crippen LogP contribution in [0, 0.1) is 0 Å². The van der Waals surface area contributed by atoms with E-state index in [1.807, 2.05) is 0 Å². The minimum Gasteiger partial charge on any atom is -0.266 e. The standard InChI is InChI=1S/C18H17N3/c1-2-7-14(8-3-1)13-17-15-9-4-5-10-16(15)18-19-11-6-12-21(18)20-17/h1-5,7-10H,6,11-13H2. The molecule has 2 aliphatic heterocycles. The van der Waals surface area contributed by atoms with Crippen molar-refractivity contribution in [3.8, 4) is 0 Å². The van der Waals surface area contributed by atoms with E-state index in [0.717, 1.165) is 37.5 Å². The van der Waals surface area contributed by atoms with Crippen LogP contribution in [0.4, 0.5) is 0 Å². The molecule has 0 amide bonds. The van der Waals surface area contributed by atoms with Crippen molar-refractivity contribution < 1.29 is 0 Å². The topological polar surface area (TPSA) is 28.0 Å². The minimum atomic E-state index is 0.863. The lowest BCUT2D eigenvalue weighted by Crippen LogP contribution is -2.38. The number of hydrogen-bond donors (Lipinski definition) is 0. The summed E-state index contributed by atoms with van der Waals surface area (Å²) in [5, 5.41) is 6.93. The van der Waals surface area contributed by atoms with E-state index >= 15 is 0 Å². The Balaban J connectivity index is 1.78. The van der Waals surface area contributed by atoms with E-state index in [9.17, 15) is 0 Å². The predicted octanol–water partition coefficient (Wildman–Crippen LogP) is 3.10. The number of aliphatic imine (C=N–C) groups is 1. The monoisotopic (exact) mass is 275 g/mol. The largest absolute Gasteiger partial charge is 0.266 e. The fourth-order valence-corrected chi connectivity index (χ4v) is 2.96. The van der Waals surface area contributed by atoms with Crippen molar-refractivity contribution in [3.05, 3.63) is 71.3 Å². The van der Waals surface area contributed by atoms with Gasteiger partial charge in [-0.3, -0.25) is 4.99 Å². The van der Waals surface area contributed by atoms with Crippen LogP contribution in [-0.2, 0) is 6.42 Å². The molecule has 0 spiro atoms. The third-order valence-electron chi connectivity index (χ3n) is 3.97. The fraction of sp³-hybridized carbons (Fsp3) is 0.222. The summed E-state index contributed by atoms with van der Waals surface area (Å²) in [6.07, 6.45) is 1.94. The predicted molar refractivity (Wildman–Crippen MR) is 85.9 cm³/mol. The quantitative estimate of drug-likeness (QED) is 0.827. The van der Waals surface area contributed by atoms with Crippen LogP contribution in [-0.4, -0.2) is 29.6 Å². The van der Waals surface area contributed by atoms with Crippen molar-refractivity contribution in [2.45, 2.75) is 12.8 Å². The second-order valence-electron chi connectivity index (χ2n) is 5.44. The van der Waals surface area contributed by atoms with Crippen molar-refractivity contribution >= 4 is 11.5 Å². The summed E-state index contributed by atoms with van der Waals surface area (Å²) in [4.78, 5) is 4.67. The van der Waals surface area contributed by atoms with E-state index in [4.69, 9.17) is 5.10 Å². The van der Waals surface area contributed by atoms with Crippen LogP contribution >= 0.6 is 0 Å². The van der Waals surface area contributed by atoms with Crippen LogP contribution in [0.5, 0.6) is 0 Å². The van der Waals surface area contributed by atoms with Gasteiger partial charge < -0.3 is 0 Å². The SMILES string of the molecule is c1ccc(CC2=NN3CCCN=C3c3ccccc32)cc1. The minimum absolute atomic E-state index is 0.863. The normalized spacial score (nSPS) is 16.7. The maximum absolute atomic E-state index is 4.86. The van der Waals surface area contributed by atoms with Gasteiger partial charge >= 0.3 is 0 Å². The van der Waals surface area contributed by atoms with E-state index in [1.165, 1.54) is 16.7 Å². The van der Waals surface area contributed by atoms with E-state index in [0.29, 0.717) is 0 Å². The third kappa shape index (κ3) is 2.25. The van der Waals surface area contributed by atoms with Gasteiger partial charge in [0.25, 0.3) is 0 Å². The molecule has 0 saturated carbocycles. The number of hydrogen-bond acceptors (Lipinski definition) is 3. The highest BCUT2D eigenvalue weighted by atomic mass is 15.5. The van der Waals surface area contributed by atoms with Crippen LogP contribution in [0.25, 0.3) is 0 Å². The highest BCUT2D eigenvalue weighted by Gasteiger charge is 2.26. The van der Waals surface area contributed by atoms with Gasteiger partial charge in [-0.15, -0.1) is 0 Å². The molecule has 3 nitrogen and oxygen atoms in total. The van der Waals surface area contributed by atoms with Crippen LogP contribution in [0.1, 0.15) is 23.1 Å². The van der Waals surface area contributed by atoms with Crippen LogP contribution in [0.2, 0.25) is 0 Å². The molecule has 0 saturated heterocycles. The molecule has 0 fully saturated rings. The smallest absolute Gasteiger partial charge is 0.152 e. The molecule has 0 radical (unpaired) electrons. The van der Waals surface area contributed by atoms with Gasteiger partial charge in [0.15, 0.2) is 5.84 Å². The molecule has 0 atom stereocenters. The Labute approximate surface area is 124 Å². The van der Waals surface area contributed by atoms with Crippen LogP contribution < -0.4 is 0 Å². The first kappa shape index (κ1) is 12.3. The zero-order valence-electron chi connectivity index (χ0n) is 11.9. The van der Waals surface area contributed by atoms with Gasteiger partial charge in [-0.25, -0.2) is 5.01 Å². The third-order valence-corrected chi connectivity index (χ3v) is 3.97. The van der Waals surface area contributed by atoms with Crippen molar-refractivity contribution in [1.29, 1.82) is 0 Å². The molecule has 0 bridgehead atoms. The highest BCUT2D eigenvalue weighted by Crippen LogP contribution is 2.23. The van der Waals surface area contributed by atoms with Gasteiger partial charge in [0.1, 0.15) is 0 Å².